The highest BCUT2D eigenvalue weighted by molar-refractivity contribution is 6.01. The Balaban J connectivity index is 1.13. The van der Waals surface area contributed by atoms with Crippen LogP contribution in [-0.4, -0.2) is 58.6 Å². The van der Waals surface area contributed by atoms with Crippen LogP contribution >= 0.6 is 0 Å². The van der Waals surface area contributed by atoms with Crippen LogP contribution in [0.5, 0.6) is 5.75 Å². The Labute approximate surface area is 200 Å². The van der Waals surface area contributed by atoms with Crippen LogP contribution in [-0.2, 0) is 11.3 Å². The molecule has 2 bridgehead atoms. The molecule has 34 heavy (non-hydrogen) atoms. The fourth-order valence-electron chi connectivity index (χ4n) is 7.26. The number of ether oxygens (including phenoxy) is 1. The lowest BCUT2D eigenvalue weighted by atomic mass is 9.42. The Morgan fingerprint density at radius 3 is 2.74 bits per heavy atom. The van der Waals surface area contributed by atoms with Gasteiger partial charge in [0, 0.05) is 30.4 Å². The Bertz CT molecular complexity index is 1040. The van der Waals surface area contributed by atoms with Crippen molar-refractivity contribution >= 4 is 11.8 Å². The molecular formula is C27H34FN3O3. The maximum Gasteiger partial charge on any atom is 0.255 e. The molecule has 6 nitrogen and oxygen atoms in total. The van der Waals surface area contributed by atoms with E-state index in [2.05, 4.69) is 23.7 Å². The molecule has 7 heteroatoms. The van der Waals surface area contributed by atoms with Gasteiger partial charge in [-0.05, 0) is 87.1 Å². The molecule has 1 saturated heterocycles. The van der Waals surface area contributed by atoms with E-state index in [4.69, 9.17) is 4.74 Å². The Hall–Kier alpha value is -2.41. The molecule has 4 aliphatic carbocycles. The zero-order chi connectivity index (χ0) is 23.7. The number of alkyl halides is 1. The number of nitrogens with one attached hydrogen (secondary N) is 1. The Morgan fingerprint density at radius 2 is 2.03 bits per heavy atom. The summed E-state index contributed by atoms with van der Waals surface area (Å²) in [5.74, 6) is 0.551. The number of likely N-dealkylation sites (N-methyl/N-ethyl adjacent to an activating group) is 1. The molecule has 5 fully saturated rings. The Morgan fingerprint density at radius 1 is 1.24 bits per heavy atom. The lowest BCUT2D eigenvalue weighted by Gasteiger charge is -2.67. The van der Waals surface area contributed by atoms with E-state index in [0.717, 1.165) is 62.9 Å². The number of hydrogen-bond donors (Lipinski definition) is 1. The van der Waals surface area contributed by atoms with Crippen LogP contribution in [0.3, 0.4) is 0 Å². The van der Waals surface area contributed by atoms with E-state index in [1.165, 1.54) is 0 Å². The minimum Gasteiger partial charge on any atom is -0.489 e. The van der Waals surface area contributed by atoms with Crippen molar-refractivity contribution in [2.45, 2.75) is 88.7 Å². The first-order valence-electron chi connectivity index (χ1n) is 12.8. The highest BCUT2D eigenvalue weighted by atomic mass is 19.1. The molecule has 7 rings (SSSR count). The maximum atomic E-state index is 14.0. The predicted octanol–water partition coefficient (Wildman–Crippen LogP) is 3.95. The quantitative estimate of drug-likeness (QED) is 0.660. The lowest BCUT2D eigenvalue weighted by molar-refractivity contribution is -0.224. The summed E-state index contributed by atoms with van der Waals surface area (Å²) in [7, 11) is 0. The molecule has 2 heterocycles. The second-order valence-corrected chi connectivity index (χ2v) is 11.3. The summed E-state index contributed by atoms with van der Waals surface area (Å²) in [6, 6.07) is 5.61. The van der Waals surface area contributed by atoms with Crippen LogP contribution in [0.25, 0.3) is 0 Å². The number of carbonyl (C=O) groups excluding carboxylic acids is 2. The summed E-state index contributed by atoms with van der Waals surface area (Å²) < 4.78 is 20.5. The van der Waals surface area contributed by atoms with Gasteiger partial charge in [0.25, 0.3) is 5.91 Å². The molecule has 1 aromatic rings. The van der Waals surface area contributed by atoms with Crippen molar-refractivity contribution in [3.8, 4) is 5.75 Å². The van der Waals surface area contributed by atoms with Gasteiger partial charge in [-0.15, -0.1) is 0 Å². The van der Waals surface area contributed by atoms with Gasteiger partial charge in [0.05, 0.1) is 0 Å². The van der Waals surface area contributed by atoms with Crippen molar-refractivity contribution in [2.24, 2.45) is 5.41 Å². The van der Waals surface area contributed by atoms with Crippen molar-refractivity contribution in [3.63, 3.8) is 0 Å². The smallest absolute Gasteiger partial charge is 0.255 e. The van der Waals surface area contributed by atoms with E-state index in [-0.39, 0.29) is 23.3 Å². The van der Waals surface area contributed by atoms with Gasteiger partial charge in [-0.25, -0.2) is 4.39 Å². The third-order valence-corrected chi connectivity index (χ3v) is 8.80. The first-order valence-corrected chi connectivity index (χ1v) is 12.8. The van der Waals surface area contributed by atoms with Gasteiger partial charge >= 0.3 is 0 Å². The molecular weight excluding hydrogens is 433 g/mol. The normalized spacial score (nSPS) is 36.3. The first kappa shape index (κ1) is 22.1. The molecule has 1 unspecified atom stereocenters. The summed E-state index contributed by atoms with van der Waals surface area (Å²) in [6.45, 7) is 8.38. The number of nitrogens with zero attached hydrogens (tertiary/aromatic N) is 2. The number of hydrogen-bond acceptors (Lipinski definition) is 4. The lowest BCUT2D eigenvalue weighted by Crippen LogP contribution is -2.68. The number of amides is 2. The largest absolute Gasteiger partial charge is 0.489 e. The summed E-state index contributed by atoms with van der Waals surface area (Å²) in [6.07, 6.45) is 6.85. The van der Waals surface area contributed by atoms with Gasteiger partial charge in [-0.1, -0.05) is 13.5 Å². The standard InChI is InChI=1S/C27H34FN3O3/c1-3-30(16-26-13-27(28,14-26)15-26)21-5-4-6-23(21)34-19-8-9-20-18(11-19)12-31(25(20)33)22-10-7-17(2)29-24(22)32/h8-9,11,21-23H,2-7,10,12-16H2,1H3,(H,29,32)/t21-,22?,23-,26?,27?/m1/s1. The van der Waals surface area contributed by atoms with Crippen LogP contribution in [0.2, 0.25) is 0 Å². The van der Waals surface area contributed by atoms with Crippen LogP contribution in [0.15, 0.2) is 30.5 Å². The van der Waals surface area contributed by atoms with Crippen LogP contribution in [0, 0.1) is 5.41 Å². The second-order valence-electron chi connectivity index (χ2n) is 11.3. The number of piperidine rings is 1. The Kier molecular flexibility index (Phi) is 5.07. The number of fused-ring (bicyclic) bond motifs is 1. The number of carbonyl (C=O) groups is 2. The summed E-state index contributed by atoms with van der Waals surface area (Å²) in [5, 5.41) is 2.79. The molecule has 3 atom stereocenters. The molecule has 0 aromatic heterocycles. The van der Waals surface area contributed by atoms with Crippen molar-refractivity contribution in [1.29, 1.82) is 0 Å². The summed E-state index contributed by atoms with van der Waals surface area (Å²) in [5.41, 5.74) is 1.64. The van der Waals surface area contributed by atoms with Gasteiger partial charge in [-0.3, -0.25) is 14.5 Å². The van der Waals surface area contributed by atoms with Crippen LogP contribution in [0.4, 0.5) is 4.39 Å². The summed E-state index contributed by atoms with van der Waals surface area (Å²) in [4.78, 5) is 29.6. The molecule has 1 N–H and O–H groups in total. The SMILES string of the molecule is C=C1CCC(N2Cc3cc(O[C@@H]4CCC[C@H]4N(CC)CC45CC(F)(C4)C5)ccc3C2=O)C(=O)N1. The molecule has 6 aliphatic rings. The van der Waals surface area contributed by atoms with E-state index >= 15 is 0 Å². The average molecular weight is 468 g/mol. The topological polar surface area (TPSA) is 61.9 Å². The fourth-order valence-corrected chi connectivity index (χ4v) is 7.26. The second kappa shape index (κ2) is 7.80. The van der Waals surface area contributed by atoms with Crippen molar-refractivity contribution in [3.05, 3.63) is 41.6 Å². The zero-order valence-electron chi connectivity index (χ0n) is 19.9. The molecule has 2 aliphatic heterocycles. The predicted molar refractivity (Wildman–Crippen MR) is 126 cm³/mol. The van der Waals surface area contributed by atoms with Crippen LogP contribution in [0.1, 0.15) is 74.2 Å². The average Bonchev–Trinajstić information content (AvgIpc) is 3.34. The van der Waals surface area contributed by atoms with Crippen molar-refractivity contribution in [2.75, 3.05) is 13.1 Å². The van der Waals surface area contributed by atoms with E-state index in [1.807, 2.05) is 18.2 Å². The highest BCUT2D eigenvalue weighted by Gasteiger charge is 2.69. The molecule has 182 valence electrons. The molecule has 2 amide bonds. The molecule has 0 spiro atoms. The van der Waals surface area contributed by atoms with Crippen LogP contribution < -0.4 is 10.1 Å². The highest BCUT2D eigenvalue weighted by Crippen LogP contribution is 2.69. The van der Waals surface area contributed by atoms with Gasteiger partial charge in [-0.2, -0.15) is 0 Å². The monoisotopic (exact) mass is 467 g/mol. The third-order valence-electron chi connectivity index (χ3n) is 8.80. The minimum atomic E-state index is -0.854. The number of rotatable bonds is 7. The number of benzene rings is 1. The first-order chi connectivity index (χ1) is 16.3. The minimum absolute atomic E-state index is 0.0886. The van der Waals surface area contributed by atoms with Gasteiger partial charge in [0.15, 0.2) is 0 Å². The van der Waals surface area contributed by atoms with Crippen molar-refractivity contribution in [1.82, 2.24) is 15.1 Å². The van der Waals surface area contributed by atoms with E-state index in [9.17, 15) is 14.0 Å². The molecule has 0 radical (unpaired) electrons. The fraction of sp³-hybridized carbons (Fsp3) is 0.630. The van der Waals surface area contributed by atoms with E-state index in [0.29, 0.717) is 36.7 Å². The summed E-state index contributed by atoms with van der Waals surface area (Å²) >= 11 is 0. The molecule has 1 aromatic carbocycles. The zero-order valence-corrected chi connectivity index (χ0v) is 19.9. The maximum absolute atomic E-state index is 14.0. The number of allylic oxidation sites excluding steroid dienone is 1. The van der Waals surface area contributed by atoms with E-state index < -0.39 is 11.7 Å². The van der Waals surface area contributed by atoms with E-state index in [1.54, 1.807) is 4.90 Å². The van der Waals surface area contributed by atoms with Gasteiger partial charge in [0.1, 0.15) is 23.6 Å². The number of halogens is 1. The van der Waals surface area contributed by atoms with Crippen molar-refractivity contribution < 1.29 is 18.7 Å². The van der Waals surface area contributed by atoms with Gasteiger partial charge in [0.2, 0.25) is 5.91 Å². The third kappa shape index (κ3) is 3.55. The molecule has 4 saturated carbocycles. The van der Waals surface area contributed by atoms with Gasteiger partial charge < -0.3 is 15.0 Å².